The Hall–Kier alpha value is -3.52. The molecule has 146 valence electrons. The quantitative estimate of drug-likeness (QED) is 0.474. The molecule has 4 rings (SSSR count). The Bertz CT molecular complexity index is 1110. The molecule has 0 radical (unpaired) electrons. The molecule has 2 heterocycles. The number of carbonyl (C=O) groups excluding carboxylic acids is 3. The van der Waals surface area contributed by atoms with E-state index in [-0.39, 0.29) is 18.8 Å². The average Bonchev–Trinajstić information content (AvgIpc) is 3.22. The van der Waals surface area contributed by atoms with Gasteiger partial charge in [-0.05, 0) is 37.3 Å². The number of hydrogen-bond acceptors (Lipinski definition) is 6. The van der Waals surface area contributed by atoms with Gasteiger partial charge in [-0.15, -0.1) is 5.10 Å². The third-order valence-corrected chi connectivity index (χ3v) is 4.68. The normalized spacial score (nSPS) is 13.0. The zero-order chi connectivity index (χ0) is 20.5. The van der Waals surface area contributed by atoms with E-state index in [2.05, 4.69) is 10.2 Å². The smallest absolute Gasteiger partial charge is 0.360 e. The van der Waals surface area contributed by atoms with Crippen LogP contribution in [0.4, 0.5) is 0 Å². The second-order valence-electron chi connectivity index (χ2n) is 6.35. The first-order valence-electron chi connectivity index (χ1n) is 8.78. The van der Waals surface area contributed by atoms with Crippen LogP contribution in [0.3, 0.4) is 0 Å². The minimum atomic E-state index is -0.688. The number of amides is 2. The monoisotopic (exact) mass is 410 g/mol. The molecule has 0 bridgehead atoms. The molecule has 9 heteroatoms. The summed E-state index contributed by atoms with van der Waals surface area (Å²) in [5, 5.41) is 8.88. The van der Waals surface area contributed by atoms with Gasteiger partial charge in [0.25, 0.3) is 11.8 Å². The van der Waals surface area contributed by atoms with Crippen molar-refractivity contribution in [3.63, 3.8) is 0 Å². The molecular weight excluding hydrogens is 396 g/mol. The van der Waals surface area contributed by atoms with E-state index in [0.29, 0.717) is 27.5 Å². The molecule has 3 aromatic rings. The van der Waals surface area contributed by atoms with Crippen molar-refractivity contribution in [1.82, 2.24) is 19.9 Å². The lowest BCUT2D eigenvalue weighted by molar-refractivity contribution is 0.0414. The SMILES string of the molecule is Cc1nn(-c2cccc(Cl)c2)nc1C(=O)OCCN1C(=O)c2ccccc2C1=O. The minimum Gasteiger partial charge on any atom is -0.459 e. The number of aryl methyl sites for hydroxylation is 1. The maximum atomic E-state index is 12.4. The number of esters is 1. The highest BCUT2D eigenvalue weighted by atomic mass is 35.5. The van der Waals surface area contributed by atoms with Crippen LogP contribution in [-0.2, 0) is 4.74 Å². The van der Waals surface area contributed by atoms with E-state index in [4.69, 9.17) is 16.3 Å². The molecule has 1 aliphatic heterocycles. The summed E-state index contributed by atoms with van der Waals surface area (Å²) in [5.41, 5.74) is 1.74. The molecule has 0 N–H and O–H groups in total. The van der Waals surface area contributed by atoms with Crippen molar-refractivity contribution in [2.24, 2.45) is 0 Å². The maximum Gasteiger partial charge on any atom is 0.360 e. The highest BCUT2D eigenvalue weighted by molar-refractivity contribution is 6.30. The van der Waals surface area contributed by atoms with Crippen LogP contribution in [0.25, 0.3) is 5.69 Å². The Morgan fingerprint density at radius 3 is 2.38 bits per heavy atom. The molecule has 8 nitrogen and oxygen atoms in total. The highest BCUT2D eigenvalue weighted by Crippen LogP contribution is 2.22. The van der Waals surface area contributed by atoms with Gasteiger partial charge in [0.15, 0.2) is 5.69 Å². The Labute approximate surface area is 170 Å². The third kappa shape index (κ3) is 3.50. The second-order valence-corrected chi connectivity index (χ2v) is 6.78. The lowest BCUT2D eigenvalue weighted by Crippen LogP contribution is -2.33. The lowest BCUT2D eigenvalue weighted by Gasteiger charge is -2.13. The Morgan fingerprint density at radius 1 is 1.03 bits per heavy atom. The van der Waals surface area contributed by atoms with Gasteiger partial charge in [0, 0.05) is 5.02 Å². The van der Waals surface area contributed by atoms with E-state index >= 15 is 0 Å². The summed E-state index contributed by atoms with van der Waals surface area (Å²) in [6.07, 6.45) is 0. The van der Waals surface area contributed by atoms with Crippen LogP contribution in [0.1, 0.15) is 36.9 Å². The summed E-state index contributed by atoms with van der Waals surface area (Å²) in [6, 6.07) is 13.5. The fourth-order valence-corrected chi connectivity index (χ4v) is 3.21. The molecule has 0 unspecified atom stereocenters. The number of ether oxygens (including phenoxy) is 1. The van der Waals surface area contributed by atoms with Crippen LogP contribution in [0, 0.1) is 6.92 Å². The van der Waals surface area contributed by atoms with Crippen molar-refractivity contribution >= 4 is 29.4 Å². The number of nitrogens with zero attached hydrogens (tertiary/aromatic N) is 4. The van der Waals surface area contributed by atoms with Gasteiger partial charge in [0.2, 0.25) is 0 Å². The van der Waals surface area contributed by atoms with Gasteiger partial charge in [0.1, 0.15) is 6.61 Å². The largest absolute Gasteiger partial charge is 0.459 e. The number of benzene rings is 2. The number of carbonyl (C=O) groups is 3. The van der Waals surface area contributed by atoms with Gasteiger partial charge in [-0.2, -0.15) is 9.90 Å². The predicted octanol–water partition coefficient (Wildman–Crippen LogP) is 2.68. The van der Waals surface area contributed by atoms with E-state index in [1.165, 1.54) is 4.80 Å². The zero-order valence-corrected chi connectivity index (χ0v) is 16.1. The minimum absolute atomic E-state index is 0.0421. The molecule has 29 heavy (non-hydrogen) atoms. The van der Waals surface area contributed by atoms with Gasteiger partial charge in [-0.1, -0.05) is 29.8 Å². The van der Waals surface area contributed by atoms with Crippen molar-refractivity contribution < 1.29 is 19.1 Å². The summed E-state index contributed by atoms with van der Waals surface area (Å²) < 4.78 is 5.21. The van der Waals surface area contributed by atoms with Gasteiger partial charge < -0.3 is 4.74 Å². The fourth-order valence-electron chi connectivity index (χ4n) is 3.02. The number of hydrogen-bond donors (Lipinski definition) is 0. The van der Waals surface area contributed by atoms with Crippen LogP contribution in [-0.4, -0.2) is 50.8 Å². The molecule has 0 spiro atoms. The van der Waals surface area contributed by atoms with Crippen molar-refractivity contribution in [2.75, 3.05) is 13.2 Å². The Balaban J connectivity index is 1.41. The molecule has 2 aromatic carbocycles. The number of fused-ring (bicyclic) bond motifs is 1. The Morgan fingerprint density at radius 2 is 1.72 bits per heavy atom. The maximum absolute atomic E-state index is 12.4. The summed E-state index contributed by atoms with van der Waals surface area (Å²) >= 11 is 5.97. The van der Waals surface area contributed by atoms with Gasteiger partial charge in [-0.3, -0.25) is 14.5 Å². The van der Waals surface area contributed by atoms with E-state index in [9.17, 15) is 14.4 Å². The molecule has 0 saturated heterocycles. The third-order valence-electron chi connectivity index (χ3n) is 4.44. The second kappa shape index (κ2) is 7.48. The number of imide groups is 1. The highest BCUT2D eigenvalue weighted by Gasteiger charge is 2.35. The van der Waals surface area contributed by atoms with E-state index in [0.717, 1.165) is 4.90 Å². The molecule has 1 aliphatic rings. The van der Waals surface area contributed by atoms with Crippen LogP contribution in [0.5, 0.6) is 0 Å². The van der Waals surface area contributed by atoms with E-state index in [1.807, 2.05) is 0 Å². The number of halogens is 1. The van der Waals surface area contributed by atoms with Crippen molar-refractivity contribution in [2.45, 2.75) is 6.92 Å². The molecule has 0 fully saturated rings. The van der Waals surface area contributed by atoms with Crippen LogP contribution < -0.4 is 0 Å². The van der Waals surface area contributed by atoms with Crippen molar-refractivity contribution in [1.29, 1.82) is 0 Å². The predicted molar refractivity (Wildman–Crippen MR) is 103 cm³/mol. The van der Waals surface area contributed by atoms with E-state index < -0.39 is 17.8 Å². The number of aromatic nitrogens is 3. The van der Waals surface area contributed by atoms with Crippen molar-refractivity contribution in [3.05, 3.63) is 76.1 Å². The topological polar surface area (TPSA) is 94.4 Å². The molecule has 0 atom stereocenters. The standard InChI is InChI=1S/C20H15ClN4O4/c1-12-17(23-25(22-12)14-6-4-5-13(21)11-14)20(28)29-10-9-24-18(26)15-7-2-3-8-16(15)19(24)27/h2-8,11H,9-10H2,1H3. The summed E-state index contributed by atoms with van der Waals surface area (Å²) in [7, 11) is 0. The summed E-state index contributed by atoms with van der Waals surface area (Å²) in [5.74, 6) is -1.48. The van der Waals surface area contributed by atoms with Gasteiger partial charge >= 0.3 is 5.97 Å². The lowest BCUT2D eigenvalue weighted by atomic mass is 10.1. The fraction of sp³-hybridized carbons (Fsp3) is 0.150. The molecule has 1 aromatic heterocycles. The summed E-state index contributed by atoms with van der Waals surface area (Å²) in [6.45, 7) is 1.45. The molecular formula is C20H15ClN4O4. The first kappa shape index (κ1) is 18.8. The zero-order valence-electron chi connectivity index (χ0n) is 15.3. The van der Waals surface area contributed by atoms with Crippen LogP contribution in [0.15, 0.2) is 48.5 Å². The number of rotatable bonds is 5. The van der Waals surface area contributed by atoms with Crippen molar-refractivity contribution in [3.8, 4) is 5.69 Å². The summed E-state index contributed by atoms with van der Waals surface area (Å²) in [4.78, 5) is 39.4. The molecule has 0 aliphatic carbocycles. The van der Waals surface area contributed by atoms with Crippen LogP contribution >= 0.6 is 11.6 Å². The van der Waals surface area contributed by atoms with Gasteiger partial charge in [0.05, 0.1) is 29.1 Å². The Kier molecular flexibility index (Phi) is 4.85. The first-order chi connectivity index (χ1) is 14.0. The van der Waals surface area contributed by atoms with Crippen LogP contribution in [0.2, 0.25) is 5.02 Å². The molecule has 0 saturated carbocycles. The van der Waals surface area contributed by atoms with E-state index in [1.54, 1.807) is 55.5 Å². The first-order valence-corrected chi connectivity index (χ1v) is 9.16. The average molecular weight is 411 g/mol. The van der Waals surface area contributed by atoms with Gasteiger partial charge in [-0.25, -0.2) is 4.79 Å². The molecule has 2 amide bonds.